The summed E-state index contributed by atoms with van der Waals surface area (Å²) >= 11 is 0. The van der Waals surface area contributed by atoms with E-state index in [-0.39, 0.29) is 20.4 Å². The van der Waals surface area contributed by atoms with Crippen molar-refractivity contribution in [2.75, 3.05) is 26.7 Å². The predicted octanol–water partition coefficient (Wildman–Crippen LogP) is -0.319. The Balaban J connectivity index is 0.000000490. The molecule has 1 N–H and O–H groups in total. The molecule has 8 heavy (non-hydrogen) atoms. The van der Waals surface area contributed by atoms with Crippen LogP contribution in [-0.2, 0) is 20.4 Å². The zero-order valence-corrected chi connectivity index (χ0v) is 7.74. The Kier molecular flexibility index (Phi) is 4.78. The Morgan fingerprint density at radius 3 is 2.62 bits per heavy atom. The zero-order chi connectivity index (χ0) is 5.11. The summed E-state index contributed by atoms with van der Waals surface area (Å²) in [6, 6.07) is 0. The third-order valence-corrected chi connectivity index (χ3v) is 1.19. The Labute approximate surface area is 64.3 Å². The van der Waals surface area contributed by atoms with Crippen molar-refractivity contribution in [3.8, 4) is 0 Å². The molecule has 0 aromatic heterocycles. The Morgan fingerprint density at radius 2 is 2.38 bits per heavy atom. The van der Waals surface area contributed by atoms with Gasteiger partial charge in [0.25, 0.3) is 0 Å². The molecule has 0 aromatic carbocycles. The van der Waals surface area contributed by atoms with Gasteiger partial charge in [0.05, 0.1) is 0 Å². The van der Waals surface area contributed by atoms with Crippen molar-refractivity contribution in [3.63, 3.8) is 0 Å². The summed E-state index contributed by atoms with van der Waals surface area (Å²) < 4.78 is 0. The quantitative estimate of drug-likeness (QED) is 0.614. The van der Waals surface area contributed by atoms with Crippen molar-refractivity contribution in [3.05, 3.63) is 6.54 Å². The van der Waals surface area contributed by atoms with Crippen LogP contribution in [0.4, 0.5) is 0 Å². The second-order valence-electron chi connectivity index (χ2n) is 1.92. The summed E-state index contributed by atoms with van der Waals surface area (Å²) in [6.07, 6.45) is 0. The third kappa shape index (κ3) is 2.78. The minimum atomic E-state index is 0. The first-order valence-corrected chi connectivity index (χ1v) is 2.63. The van der Waals surface area contributed by atoms with Crippen LogP contribution < -0.4 is 5.32 Å². The molecular formula is C5H11N2Re-. The predicted molar refractivity (Wildman–Crippen MR) is 29.8 cm³/mol. The number of rotatable bonds is 0. The van der Waals surface area contributed by atoms with Crippen LogP contribution in [0.25, 0.3) is 0 Å². The van der Waals surface area contributed by atoms with Crippen molar-refractivity contribution in [2.24, 2.45) is 0 Å². The van der Waals surface area contributed by atoms with E-state index in [9.17, 15) is 0 Å². The molecule has 0 spiro atoms. The maximum atomic E-state index is 3.15. The van der Waals surface area contributed by atoms with Gasteiger partial charge >= 0.3 is 0 Å². The smallest absolute Gasteiger partial charge is 0.00522 e. The van der Waals surface area contributed by atoms with Gasteiger partial charge in [-0.25, -0.2) is 0 Å². The molecule has 0 bridgehead atoms. The van der Waals surface area contributed by atoms with E-state index >= 15 is 0 Å². The number of nitrogens with one attached hydrogen (secondary N) is 1. The summed E-state index contributed by atoms with van der Waals surface area (Å²) in [5, 5.41) is 3.15. The van der Waals surface area contributed by atoms with Gasteiger partial charge in [-0.05, 0) is 13.6 Å². The number of hydrogen-bond donors (Lipinski definition) is 1. The van der Waals surface area contributed by atoms with Gasteiger partial charge in [-0.2, -0.15) is 0 Å². The van der Waals surface area contributed by atoms with Crippen LogP contribution in [0.15, 0.2) is 0 Å². The van der Waals surface area contributed by atoms with Crippen LogP contribution in [0.1, 0.15) is 0 Å². The second-order valence-corrected chi connectivity index (χ2v) is 1.92. The molecule has 3 heteroatoms. The zero-order valence-electron chi connectivity index (χ0n) is 5.02. The van der Waals surface area contributed by atoms with Gasteiger partial charge in [-0.3, -0.25) is 6.54 Å². The number of piperazine rings is 1. The van der Waals surface area contributed by atoms with Gasteiger partial charge in [-0.1, -0.05) is 0 Å². The Hall–Kier alpha value is 0.582. The molecule has 1 aliphatic heterocycles. The molecule has 0 amide bonds. The summed E-state index contributed by atoms with van der Waals surface area (Å²) in [5.74, 6) is 0. The molecule has 1 heterocycles. The van der Waals surface area contributed by atoms with Crippen LogP contribution >= 0.6 is 0 Å². The van der Waals surface area contributed by atoms with Crippen LogP contribution in [0.2, 0.25) is 0 Å². The fourth-order valence-corrected chi connectivity index (χ4v) is 0.669. The molecule has 1 fully saturated rings. The van der Waals surface area contributed by atoms with E-state index in [0.717, 1.165) is 13.1 Å². The van der Waals surface area contributed by atoms with Crippen LogP contribution in [-0.4, -0.2) is 31.6 Å². The van der Waals surface area contributed by atoms with Crippen molar-refractivity contribution in [2.45, 2.75) is 0 Å². The fraction of sp³-hybridized carbons (Fsp3) is 0.800. The largest absolute Gasteiger partial charge is 0.468 e. The Morgan fingerprint density at radius 1 is 1.62 bits per heavy atom. The maximum absolute atomic E-state index is 3.15. The first-order chi connectivity index (χ1) is 3.39. The molecular weight excluding hydrogens is 274 g/mol. The van der Waals surface area contributed by atoms with Gasteiger partial charge < -0.3 is 10.2 Å². The molecule has 49 valence electrons. The third-order valence-electron chi connectivity index (χ3n) is 1.19. The van der Waals surface area contributed by atoms with Gasteiger partial charge in [0.1, 0.15) is 0 Å². The molecule has 0 saturated carbocycles. The van der Waals surface area contributed by atoms with Crippen molar-refractivity contribution in [1.82, 2.24) is 10.2 Å². The molecule has 1 aliphatic rings. The summed E-state index contributed by atoms with van der Waals surface area (Å²) in [7, 11) is 2.12. The molecule has 1 saturated heterocycles. The minimum Gasteiger partial charge on any atom is -0.468 e. The standard InChI is InChI=1S/C5H11N2.Re/c1-7-4-2-6-3-5-7;/h2,6H,3-5H2,1H3;/q-1;. The SMILES string of the molecule is CN1C[CH-]NCC1.[Re]. The first kappa shape index (κ1) is 8.58. The van der Waals surface area contributed by atoms with Crippen molar-refractivity contribution < 1.29 is 20.4 Å². The van der Waals surface area contributed by atoms with Gasteiger partial charge in [-0.15, -0.1) is 6.54 Å². The molecule has 0 unspecified atom stereocenters. The summed E-state index contributed by atoms with van der Waals surface area (Å²) in [5.41, 5.74) is 0. The van der Waals surface area contributed by atoms with Gasteiger partial charge in [0, 0.05) is 27.0 Å². The number of likely N-dealkylation sites (N-methyl/N-ethyl adjacent to an activating group) is 1. The van der Waals surface area contributed by atoms with E-state index in [4.69, 9.17) is 0 Å². The normalized spacial score (nSPS) is 22.1. The molecule has 0 aromatic rings. The van der Waals surface area contributed by atoms with Crippen molar-refractivity contribution >= 4 is 0 Å². The van der Waals surface area contributed by atoms with Crippen molar-refractivity contribution in [1.29, 1.82) is 0 Å². The first-order valence-electron chi connectivity index (χ1n) is 2.63. The number of nitrogens with zero attached hydrogens (tertiary/aromatic N) is 1. The van der Waals surface area contributed by atoms with Crippen LogP contribution in [0.3, 0.4) is 0 Å². The van der Waals surface area contributed by atoms with E-state index in [0.29, 0.717) is 0 Å². The van der Waals surface area contributed by atoms with E-state index in [1.54, 1.807) is 0 Å². The molecule has 1 rings (SSSR count). The number of hydrogen-bond acceptors (Lipinski definition) is 2. The van der Waals surface area contributed by atoms with E-state index < -0.39 is 0 Å². The van der Waals surface area contributed by atoms with Crippen LogP contribution in [0, 0.1) is 6.54 Å². The topological polar surface area (TPSA) is 15.3 Å². The monoisotopic (exact) mass is 286 g/mol. The maximum Gasteiger partial charge on any atom is 0.00522 e. The Bertz CT molecular complexity index is 52.4. The van der Waals surface area contributed by atoms with E-state index in [1.165, 1.54) is 6.54 Å². The van der Waals surface area contributed by atoms with E-state index in [1.807, 2.05) is 0 Å². The van der Waals surface area contributed by atoms with E-state index in [2.05, 4.69) is 23.8 Å². The minimum absolute atomic E-state index is 0. The average molecular weight is 285 g/mol. The molecule has 0 aliphatic carbocycles. The fourth-order valence-electron chi connectivity index (χ4n) is 0.669. The summed E-state index contributed by atoms with van der Waals surface area (Å²) in [6.45, 7) is 5.45. The van der Waals surface area contributed by atoms with Crippen LogP contribution in [0.5, 0.6) is 0 Å². The molecule has 2 nitrogen and oxygen atoms in total. The second kappa shape index (κ2) is 4.46. The molecule has 1 radical (unpaired) electrons. The van der Waals surface area contributed by atoms with Gasteiger partial charge in [0.15, 0.2) is 0 Å². The van der Waals surface area contributed by atoms with Gasteiger partial charge in [0.2, 0.25) is 0 Å². The molecule has 0 atom stereocenters. The summed E-state index contributed by atoms with van der Waals surface area (Å²) in [4.78, 5) is 2.27. The average Bonchev–Trinajstić information content (AvgIpc) is 1.69.